The van der Waals surface area contributed by atoms with Gasteiger partial charge in [-0.2, -0.15) is 10.2 Å². The highest BCUT2D eigenvalue weighted by Gasteiger charge is 2.32. The highest BCUT2D eigenvalue weighted by molar-refractivity contribution is 6.89. The fourth-order valence-electron chi connectivity index (χ4n) is 6.16. The highest BCUT2D eigenvalue weighted by atomic mass is 28.3. The largest absolute Gasteiger partial charge is 0.506 e. The van der Waals surface area contributed by atoms with Gasteiger partial charge in [-0.3, -0.25) is 9.59 Å². The van der Waals surface area contributed by atoms with Crippen LogP contribution in [0.2, 0.25) is 39.3 Å². The Balaban J connectivity index is 1.05. The van der Waals surface area contributed by atoms with Gasteiger partial charge in [-0.15, -0.1) is 10.2 Å². The highest BCUT2D eigenvalue weighted by Crippen LogP contribution is 2.37. The Morgan fingerprint density at radius 3 is 1.24 bits per heavy atom. The lowest BCUT2D eigenvalue weighted by molar-refractivity contribution is -0.155. The van der Waals surface area contributed by atoms with Crippen molar-refractivity contribution in [2.24, 2.45) is 26.4 Å². The number of fused-ring (bicyclic) bond motifs is 2. The minimum Gasteiger partial charge on any atom is -0.506 e. The van der Waals surface area contributed by atoms with Crippen LogP contribution in [0.3, 0.4) is 0 Å². The number of benzene rings is 6. The van der Waals surface area contributed by atoms with Gasteiger partial charge < -0.3 is 19.7 Å². The molecule has 12 nitrogen and oxygen atoms in total. The van der Waals surface area contributed by atoms with Crippen LogP contribution >= 0.6 is 0 Å². The van der Waals surface area contributed by atoms with E-state index in [0.717, 1.165) is 21.5 Å². The van der Waals surface area contributed by atoms with Crippen molar-refractivity contribution < 1.29 is 38.9 Å². The third-order valence-corrected chi connectivity index (χ3v) is 13.9. The molecule has 59 heavy (non-hydrogen) atoms. The van der Waals surface area contributed by atoms with E-state index in [1.165, 1.54) is 65.8 Å². The number of phenols is 2. The topological polar surface area (TPSA) is 177 Å². The average Bonchev–Trinajstić information content (AvgIpc) is 3.19. The predicted octanol–water partition coefficient (Wildman–Crippen LogP) is 10.4. The van der Waals surface area contributed by atoms with Crippen molar-refractivity contribution in [1.29, 1.82) is 0 Å². The van der Waals surface area contributed by atoms with E-state index in [4.69, 9.17) is 9.47 Å². The second-order valence-corrected chi connectivity index (χ2v) is 26.3. The molecule has 300 valence electrons. The fourth-order valence-corrected chi connectivity index (χ4v) is 8.51. The molecule has 0 aliphatic carbocycles. The van der Waals surface area contributed by atoms with Crippen LogP contribution in [-0.2, 0) is 19.1 Å². The molecule has 0 radical (unpaired) electrons. The molecule has 0 saturated heterocycles. The molecule has 0 fully saturated rings. The van der Waals surface area contributed by atoms with Crippen LogP contribution in [0.1, 0.15) is 34.1 Å². The van der Waals surface area contributed by atoms with Crippen molar-refractivity contribution in [1.82, 2.24) is 0 Å². The maximum atomic E-state index is 12.9. The summed E-state index contributed by atoms with van der Waals surface area (Å²) in [4.78, 5) is 51.5. The molecular formula is C45H44N4O8Si2. The number of azo groups is 2. The number of esters is 4. The van der Waals surface area contributed by atoms with Gasteiger partial charge in [-0.1, -0.05) is 105 Å². The molecule has 6 aromatic carbocycles. The first-order valence-electron chi connectivity index (χ1n) is 19.0. The summed E-state index contributed by atoms with van der Waals surface area (Å²) >= 11 is 0. The average molecular weight is 825 g/mol. The van der Waals surface area contributed by atoms with E-state index in [0.29, 0.717) is 22.7 Å². The predicted molar refractivity (Wildman–Crippen MR) is 233 cm³/mol. The van der Waals surface area contributed by atoms with E-state index >= 15 is 0 Å². The van der Waals surface area contributed by atoms with Crippen LogP contribution in [0.4, 0.5) is 22.7 Å². The first-order chi connectivity index (χ1) is 27.9. The molecular weight excluding hydrogens is 781 g/mol. The summed E-state index contributed by atoms with van der Waals surface area (Å²) in [5.74, 6) is -5.98. The second-order valence-electron chi connectivity index (χ2n) is 16.1. The minimum atomic E-state index is -1.56. The van der Waals surface area contributed by atoms with Crippen LogP contribution in [-0.4, -0.2) is 50.2 Å². The van der Waals surface area contributed by atoms with Gasteiger partial charge in [0.05, 0.1) is 38.6 Å². The summed E-state index contributed by atoms with van der Waals surface area (Å²) in [7, 11) is -3.11. The van der Waals surface area contributed by atoms with Crippen LogP contribution < -0.4 is 10.4 Å². The van der Waals surface area contributed by atoms with Gasteiger partial charge in [-0.25, -0.2) is 9.59 Å². The first kappa shape index (κ1) is 42.0. The zero-order valence-corrected chi connectivity index (χ0v) is 35.8. The number of carbonyl (C=O) groups is 4. The molecule has 0 bridgehead atoms. The molecule has 0 spiro atoms. The molecule has 0 aliphatic rings. The molecule has 6 rings (SSSR count). The van der Waals surface area contributed by atoms with Gasteiger partial charge in [0.25, 0.3) is 0 Å². The Kier molecular flexibility index (Phi) is 12.1. The van der Waals surface area contributed by atoms with Crippen molar-refractivity contribution >= 4 is 94.7 Å². The lowest BCUT2D eigenvalue weighted by atomic mass is 10.1. The Morgan fingerprint density at radius 2 is 0.898 bits per heavy atom. The number of phenolic OH excluding ortho intramolecular Hbond substituents is 2. The summed E-state index contributed by atoms with van der Waals surface area (Å²) in [5.41, 5.74) is 1.37. The van der Waals surface area contributed by atoms with Crippen LogP contribution in [0.5, 0.6) is 11.5 Å². The standard InChI is InChI=1S/C45H44N4O8Si2/c1-8-35(44(54)56-42(52)27-9-15-31(16-10-27)46-48-40-36-21-19-33(58(2,3)4)25-29(36)13-23-38(40)50)45(55)57-43(53)28-11-17-32(18-12-28)47-49-41-37-22-20-34(59(5,6)7)26-30(37)14-24-39(41)51/h9-26,35,50-51H,8H2,1-7H3. The summed E-state index contributed by atoms with van der Waals surface area (Å²) in [5, 5.41) is 44.0. The summed E-state index contributed by atoms with van der Waals surface area (Å²) in [6, 6.07) is 30.5. The van der Waals surface area contributed by atoms with E-state index < -0.39 is 45.9 Å². The van der Waals surface area contributed by atoms with Crippen LogP contribution in [0, 0.1) is 5.92 Å². The molecule has 6 aromatic rings. The molecule has 0 amide bonds. The Morgan fingerprint density at radius 1 is 0.525 bits per heavy atom. The van der Waals surface area contributed by atoms with E-state index in [1.54, 1.807) is 12.1 Å². The van der Waals surface area contributed by atoms with Gasteiger partial charge in [0, 0.05) is 10.8 Å². The third kappa shape index (κ3) is 9.74. The summed E-state index contributed by atoms with van der Waals surface area (Å²) in [6.45, 7) is 15.0. The smallest absolute Gasteiger partial charge is 0.345 e. The Bertz CT molecular complexity index is 2480. The maximum Gasteiger partial charge on any atom is 0.345 e. The van der Waals surface area contributed by atoms with Crippen molar-refractivity contribution in [3.63, 3.8) is 0 Å². The maximum absolute atomic E-state index is 12.9. The quantitative estimate of drug-likeness (QED) is 0.0561. The second kappa shape index (κ2) is 17.1. The molecule has 0 unspecified atom stereocenters. The van der Waals surface area contributed by atoms with E-state index in [9.17, 15) is 29.4 Å². The zero-order chi connectivity index (χ0) is 42.6. The van der Waals surface area contributed by atoms with Crippen molar-refractivity contribution in [3.05, 3.63) is 120 Å². The number of carbonyl (C=O) groups excluding carboxylic acids is 4. The van der Waals surface area contributed by atoms with Gasteiger partial charge in [-0.05, 0) is 77.9 Å². The van der Waals surface area contributed by atoms with Gasteiger partial charge >= 0.3 is 23.9 Å². The molecule has 14 heteroatoms. The monoisotopic (exact) mass is 824 g/mol. The summed E-state index contributed by atoms with van der Waals surface area (Å²) in [6.07, 6.45) is -0.0994. The van der Waals surface area contributed by atoms with Gasteiger partial charge in [0.2, 0.25) is 0 Å². The van der Waals surface area contributed by atoms with Gasteiger partial charge in [0.1, 0.15) is 22.9 Å². The SMILES string of the molecule is CCC(C(=O)OC(=O)c1ccc(N=Nc2c(O)ccc3cc([Si](C)(C)C)ccc23)cc1)C(=O)OC(=O)c1ccc(N=Nc2c(O)ccc3cc([Si](C)(C)C)ccc23)cc1. The van der Waals surface area contributed by atoms with E-state index in [2.05, 4.69) is 71.9 Å². The summed E-state index contributed by atoms with van der Waals surface area (Å²) < 4.78 is 9.97. The fraction of sp³-hybridized carbons (Fsp3) is 0.200. The third-order valence-electron chi connectivity index (χ3n) is 9.77. The minimum absolute atomic E-state index is 0.00700. The number of ether oxygens (including phenoxy) is 2. The van der Waals surface area contributed by atoms with Crippen LogP contribution in [0.15, 0.2) is 130 Å². The van der Waals surface area contributed by atoms with Crippen molar-refractivity contribution in [2.75, 3.05) is 0 Å². The molecule has 0 aromatic heterocycles. The first-order valence-corrected chi connectivity index (χ1v) is 26.0. The number of hydrogen-bond donors (Lipinski definition) is 2. The molecule has 2 N–H and O–H groups in total. The van der Waals surface area contributed by atoms with E-state index in [-0.39, 0.29) is 29.0 Å². The molecule has 0 atom stereocenters. The Hall–Kier alpha value is -6.65. The van der Waals surface area contributed by atoms with Crippen LogP contribution in [0.25, 0.3) is 21.5 Å². The number of hydrogen-bond acceptors (Lipinski definition) is 12. The molecule has 0 aliphatic heterocycles. The lowest BCUT2D eigenvalue weighted by Crippen LogP contribution is -2.37. The van der Waals surface area contributed by atoms with Gasteiger partial charge in [0.15, 0.2) is 5.92 Å². The lowest BCUT2D eigenvalue weighted by Gasteiger charge is -2.17. The molecule has 0 saturated carbocycles. The normalized spacial score (nSPS) is 12.6. The number of nitrogens with zero attached hydrogens (tertiary/aromatic N) is 4. The van der Waals surface area contributed by atoms with E-state index in [1.807, 2.05) is 36.4 Å². The van der Waals surface area contributed by atoms with Crippen molar-refractivity contribution in [3.8, 4) is 11.5 Å². The van der Waals surface area contributed by atoms with Crippen molar-refractivity contribution in [2.45, 2.75) is 52.6 Å². The zero-order valence-electron chi connectivity index (χ0n) is 33.8. The molecule has 0 heterocycles. The number of aromatic hydroxyl groups is 2. The Labute approximate surface area is 343 Å². The number of rotatable bonds is 11.